The summed E-state index contributed by atoms with van der Waals surface area (Å²) in [5, 5.41) is 14.2. The van der Waals surface area contributed by atoms with Gasteiger partial charge in [0.1, 0.15) is 5.02 Å². The molecule has 0 aliphatic rings. The summed E-state index contributed by atoms with van der Waals surface area (Å²) in [6.07, 6.45) is 0. The highest BCUT2D eigenvalue weighted by Crippen LogP contribution is 2.25. The van der Waals surface area contributed by atoms with Crippen LogP contribution in [0.2, 0.25) is 5.02 Å². The maximum atomic E-state index is 10.8. The van der Waals surface area contributed by atoms with Crippen LogP contribution in [0.1, 0.15) is 16.7 Å². The number of hydrogen-bond acceptors (Lipinski definition) is 3. The molecule has 104 valence electrons. The lowest BCUT2D eigenvalue weighted by atomic mass is 10.1. The molecule has 5 heteroatoms. The largest absolute Gasteiger partial charge is 0.381 e. The van der Waals surface area contributed by atoms with Crippen LogP contribution in [0, 0.1) is 24.0 Å². The van der Waals surface area contributed by atoms with Gasteiger partial charge < -0.3 is 5.32 Å². The number of nitro groups is 1. The normalized spacial score (nSPS) is 10.3. The molecule has 0 fully saturated rings. The lowest BCUT2D eigenvalue weighted by Crippen LogP contribution is -2.01. The topological polar surface area (TPSA) is 55.2 Å². The predicted molar refractivity (Wildman–Crippen MR) is 81.3 cm³/mol. The van der Waals surface area contributed by atoms with Crippen molar-refractivity contribution in [3.63, 3.8) is 0 Å². The summed E-state index contributed by atoms with van der Waals surface area (Å²) in [5.41, 5.74) is 4.19. The highest BCUT2D eigenvalue weighted by Gasteiger charge is 2.12. The van der Waals surface area contributed by atoms with Crippen molar-refractivity contribution in [3.05, 3.63) is 68.2 Å². The Morgan fingerprint density at radius 3 is 2.55 bits per heavy atom. The SMILES string of the molecule is Cc1ccc(NCc2ccc(Cl)c([N+](=O)[O-])c2)cc1C. The van der Waals surface area contributed by atoms with Crippen LogP contribution >= 0.6 is 11.6 Å². The van der Waals surface area contributed by atoms with Crippen molar-refractivity contribution in [1.82, 2.24) is 0 Å². The predicted octanol–water partition coefficient (Wildman–Crippen LogP) is 4.48. The van der Waals surface area contributed by atoms with Gasteiger partial charge in [-0.25, -0.2) is 0 Å². The highest BCUT2D eigenvalue weighted by atomic mass is 35.5. The molecular formula is C15H15ClN2O2. The monoisotopic (exact) mass is 290 g/mol. The van der Waals surface area contributed by atoms with E-state index in [1.807, 2.05) is 19.1 Å². The molecule has 0 amide bonds. The fraction of sp³-hybridized carbons (Fsp3) is 0.200. The number of aryl methyl sites for hydroxylation is 2. The molecule has 2 rings (SSSR count). The van der Waals surface area contributed by atoms with Crippen LogP contribution in [0.15, 0.2) is 36.4 Å². The molecule has 1 N–H and O–H groups in total. The Morgan fingerprint density at radius 1 is 1.15 bits per heavy atom. The molecule has 0 atom stereocenters. The molecule has 0 saturated carbocycles. The first kappa shape index (κ1) is 14.3. The Labute approximate surface area is 122 Å². The van der Waals surface area contributed by atoms with Gasteiger partial charge in [-0.1, -0.05) is 23.7 Å². The summed E-state index contributed by atoms with van der Waals surface area (Å²) in [6.45, 7) is 4.62. The molecular weight excluding hydrogens is 276 g/mol. The van der Waals surface area contributed by atoms with E-state index in [2.05, 4.69) is 18.3 Å². The maximum absolute atomic E-state index is 10.8. The molecule has 0 saturated heterocycles. The van der Waals surface area contributed by atoms with Crippen LogP contribution in [0.3, 0.4) is 0 Å². The summed E-state index contributed by atoms with van der Waals surface area (Å²) >= 11 is 5.78. The van der Waals surface area contributed by atoms with E-state index in [9.17, 15) is 10.1 Å². The molecule has 0 aliphatic heterocycles. The zero-order valence-electron chi connectivity index (χ0n) is 11.3. The zero-order valence-corrected chi connectivity index (χ0v) is 12.1. The Bertz CT molecular complexity index is 656. The van der Waals surface area contributed by atoms with Gasteiger partial charge in [0.25, 0.3) is 5.69 Å². The average molecular weight is 291 g/mol. The van der Waals surface area contributed by atoms with Crippen molar-refractivity contribution < 1.29 is 4.92 Å². The average Bonchev–Trinajstić information content (AvgIpc) is 2.41. The number of benzene rings is 2. The first-order valence-electron chi connectivity index (χ1n) is 6.21. The van der Waals surface area contributed by atoms with Crippen molar-refractivity contribution >= 4 is 23.0 Å². The minimum absolute atomic E-state index is 0.0638. The minimum atomic E-state index is -0.470. The van der Waals surface area contributed by atoms with Gasteiger partial charge in [-0.05, 0) is 48.7 Å². The van der Waals surface area contributed by atoms with E-state index in [-0.39, 0.29) is 10.7 Å². The molecule has 0 spiro atoms. The van der Waals surface area contributed by atoms with Crippen LogP contribution in [0.5, 0.6) is 0 Å². The fourth-order valence-corrected chi connectivity index (χ4v) is 2.05. The van der Waals surface area contributed by atoms with Gasteiger partial charge in [0.15, 0.2) is 0 Å². The minimum Gasteiger partial charge on any atom is -0.381 e. The van der Waals surface area contributed by atoms with Gasteiger partial charge in [0.05, 0.1) is 4.92 Å². The highest BCUT2D eigenvalue weighted by molar-refractivity contribution is 6.32. The van der Waals surface area contributed by atoms with Crippen molar-refractivity contribution in [2.24, 2.45) is 0 Å². The van der Waals surface area contributed by atoms with Crippen LogP contribution in [-0.2, 0) is 6.54 Å². The van der Waals surface area contributed by atoms with Crippen molar-refractivity contribution in [1.29, 1.82) is 0 Å². The molecule has 0 aliphatic carbocycles. The number of nitro benzene ring substituents is 1. The lowest BCUT2D eigenvalue weighted by molar-refractivity contribution is -0.384. The number of rotatable bonds is 4. The first-order valence-corrected chi connectivity index (χ1v) is 6.59. The Hall–Kier alpha value is -2.07. The standard InChI is InChI=1S/C15H15ClN2O2/c1-10-3-5-13(7-11(10)2)17-9-12-4-6-14(16)15(8-12)18(19)20/h3-8,17H,9H2,1-2H3. The van der Waals surface area contributed by atoms with Crippen molar-refractivity contribution in [2.75, 3.05) is 5.32 Å². The molecule has 20 heavy (non-hydrogen) atoms. The Balaban J connectivity index is 2.12. The molecule has 2 aromatic carbocycles. The second-order valence-corrected chi connectivity index (χ2v) is 5.10. The third-order valence-corrected chi connectivity index (χ3v) is 3.53. The van der Waals surface area contributed by atoms with Gasteiger partial charge in [-0.3, -0.25) is 10.1 Å². The third-order valence-electron chi connectivity index (χ3n) is 3.21. The van der Waals surface area contributed by atoms with Crippen molar-refractivity contribution in [2.45, 2.75) is 20.4 Å². The quantitative estimate of drug-likeness (QED) is 0.667. The van der Waals surface area contributed by atoms with E-state index < -0.39 is 4.92 Å². The number of anilines is 1. The molecule has 0 aromatic heterocycles. The molecule has 4 nitrogen and oxygen atoms in total. The summed E-state index contributed by atoms with van der Waals surface area (Å²) in [5.74, 6) is 0. The van der Waals surface area contributed by atoms with Gasteiger partial charge in [-0.15, -0.1) is 0 Å². The van der Waals surface area contributed by atoms with Crippen LogP contribution in [-0.4, -0.2) is 4.92 Å². The van der Waals surface area contributed by atoms with E-state index in [0.29, 0.717) is 6.54 Å². The zero-order chi connectivity index (χ0) is 14.7. The summed E-state index contributed by atoms with van der Waals surface area (Å²) in [6, 6.07) is 10.9. The summed E-state index contributed by atoms with van der Waals surface area (Å²) < 4.78 is 0. The van der Waals surface area contributed by atoms with E-state index in [1.54, 1.807) is 12.1 Å². The van der Waals surface area contributed by atoms with E-state index in [0.717, 1.165) is 11.3 Å². The second kappa shape index (κ2) is 5.92. The summed E-state index contributed by atoms with van der Waals surface area (Å²) in [7, 11) is 0. The van der Waals surface area contributed by atoms with Crippen LogP contribution in [0.25, 0.3) is 0 Å². The van der Waals surface area contributed by atoms with Crippen LogP contribution in [0.4, 0.5) is 11.4 Å². The summed E-state index contributed by atoms with van der Waals surface area (Å²) in [4.78, 5) is 10.4. The lowest BCUT2D eigenvalue weighted by Gasteiger charge is -2.09. The smallest absolute Gasteiger partial charge is 0.288 e. The maximum Gasteiger partial charge on any atom is 0.288 e. The fourth-order valence-electron chi connectivity index (χ4n) is 1.86. The van der Waals surface area contributed by atoms with Crippen LogP contribution < -0.4 is 5.32 Å². The Morgan fingerprint density at radius 2 is 1.90 bits per heavy atom. The molecule has 0 bridgehead atoms. The van der Waals surface area contributed by atoms with Gasteiger partial charge in [-0.2, -0.15) is 0 Å². The second-order valence-electron chi connectivity index (χ2n) is 4.70. The number of hydrogen-bond donors (Lipinski definition) is 1. The molecule has 0 radical (unpaired) electrons. The van der Waals surface area contributed by atoms with Gasteiger partial charge >= 0.3 is 0 Å². The van der Waals surface area contributed by atoms with E-state index >= 15 is 0 Å². The van der Waals surface area contributed by atoms with Crippen molar-refractivity contribution in [3.8, 4) is 0 Å². The molecule has 0 heterocycles. The Kier molecular flexibility index (Phi) is 4.25. The van der Waals surface area contributed by atoms with E-state index in [1.165, 1.54) is 17.2 Å². The van der Waals surface area contributed by atoms with E-state index in [4.69, 9.17) is 11.6 Å². The molecule has 0 unspecified atom stereocenters. The van der Waals surface area contributed by atoms with Gasteiger partial charge in [0.2, 0.25) is 0 Å². The number of nitrogens with zero attached hydrogens (tertiary/aromatic N) is 1. The number of nitrogens with one attached hydrogen (secondary N) is 1. The number of halogens is 1. The first-order chi connectivity index (χ1) is 9.47. The van der Waals surface area contributed by atoms with Gasteiger partial charge in [0, 0.05) is 18.3 Å². The third kappa shape index (κ3) is 3.27. The molecule has 2 aromatic rings.